The van der Waals surface area contributed by atoms with Crippen LogP contribution in [0, 0.1) is 24.6 Å². The zero-order valence-corrected chi connectivity index (χ0v) is 12.3. The topological polar surface area (TPSA) is 68.0 Å². The van der Waals surface area contributed by atoms with Crippen molar-refractivity contribution in [1.29, 1.82) is 0 Å². The second-order valence-electron chi connectivity index (χ2n) is 4.25. The third-order valence-corrected chi connectivity index (χ3v) is 3.53. The quantitative estimate of drug-likeness (QED) is 0.850. The molecule has 4 nitrogen and oxygen atoms in total. The molecule has 0 saturated heterocycles. The Hall–Kier alpha value is -2.23. The predicted octanol–water partition coefficient (Wildman–Crippen LogP) is 1.83. The Balaban J connectivity index is 2.10. The van der Waals surface area contributed by atoms with Gasteiger partial charge in [0.1, 0.15) is 10.8 Å². The molecule has 6 heteroatoms. The van der Waals surface area contributed by atoms with E-state index >= 15 is 0 Å². The molecule has 1 amide bonds. The lowest BCUT2D eigenvalue weighted by Crippen LogP contribution is -2.23. The van der Waals surface area contributed by atoms with E-state index in [1.807, 2.05) is 6.92 Å². The van der Waals surface area contributed by atoms with E-state index < -0.39 is 11.7 Å². The van der Waals surface area contributed by atoms with E-state index in [1.54, 1.807) is 6.20 Å². The molecule has 0 saturated carbocycles. The van der Waals surface area contributed by atoms with Gasteiger partial charge < -0.3 is 11.1 Å². The zero-order valence-electron chi connectivity index (χ0n) is 11.4. The maximum absolute atomic E-state index is 13.7. The zero-order chi connectivity index (χ0) is 15.2. The van der Waals surface area contributed by atoms with Crippen molar-refractivity contribution in [2.45, 2.75) is 13.5 Å². The van der Waals surface area contributed by atoms with Crippen LogP contribution in [0.1, 0.15) is 25.8 Å². The van der Waals surface area contributed by atoms with Crippen molar-refractivity contribution in [3.05, 3.63) is 51.2 Å². The molecule has 0 aliphatic heterocycles. The van der Waals surface area contributed by atoms with Crippen LogP contribution in [-0.2, 0) is 6.54 Å². The molecule has 2 aromatic rings. The standard InChI is InChI=1S/C15H14FN3OS/c1-10-8-18-14(21-10)9-19-15(20)12-7-11(3-2-6-17)4-5-13(12)16/h4-5,7-8H,6,9,17H2,1H3,(H,19,20). The summed E-state index contributed by atoms with van der Waals surface area (Å²) in [5.41, 5.74) is 5.80. The molecular formula is C15H14FN3OS. The summed E-state index contributed by atoms with van der Waals surface area (Å²) in [4.78, 5) is 17.2. The number of carbonyl (C=O) groups is 1. The van der Waals surface area contributed by atoms with Crippen molar-refractivity contribution in [2.24, 2.45) is 5.73 Å². The third-order valence-electron chi connectivity index (χ3n) is 2.62. The Morgan fingerprint density at radius 3 is 3.00 bits per heavy atom. The van der Waals surface area contributed by atoms with E-state index in [1.165, 1.54) is 29.5 Å². The van der Waals surface area contributed by atoms with Gasteiger partial charge in [-0.05, 0) is 25.1 Å². The normalized spacial score (nSPS) is 9.86. The monoisotopic (exact) mass is 303 g/mol. The van der Waals surface area contributed by atoms with Crippen LogP contribution in [0.25, 0.3) is 0 Å². The number of hydrogen-bond donors (Lipinski definition) is 2. The summed E-state index contributed by atoms with van der Waals surface area (Å²) >= 11 is 1.49. The van der Waals surface area contributed by atoms with Crippen LogP contribution in [0.3, 0.4) is 0 Å². The third kappa shape index (κ3) is 4.12. The van der Waals surface area contributed by atoms with Gasteiger partial charge in [-0.25, -0.2) is 9.37 Å². The second-order valence-corrected chi connectivity index (χ2v) is 5.57. The lowest BCUT2D eigenvalue weighted by Gasteiger charge is -2.05. The second kappa shape index (κ2) is 6.97. The highest BCUT2D eigenvalue weighted by Crippen LogP contribution is 2.13. The van der Waals surface area contributed by atoms with Gasteiger partial charge in [-0.3, -0.25) is 4.79 Å². The van der Waals surface area contributed by atoms with Crippen molar-refractivity contribution in [3.63, 3.8) is 0 Å². The van der Waals surface area contributed by atoms with Crippen LogP contribution in [-0.4, -0.2) is 17.4 Å². The molecule has 0 bridgehead atoms. The van der Waals surface area contributed by atoms with Crippen molar-refractivity contribution < 1.29 is 9.18 Å². The van der Waals surface area contributed by atoms with Gasteiger partial charge in [-0.1, -0.05) is 11.8 Å². The fourth-order valence-corrected chi connectivity index (χ4v) is 2.39. The maximum atomic E-state index is 13.7. The number of benzene rings is 1. The van der Waals surface area contributed by atoms with Crippen molar-refractivity contribution in [1.82, 2.24) is 10.3 Å². The highest BCUT2D eigenvalue weighted by molar-refractivity contribution is 7.11. The molecule has 0 fully saturated rings. The first-order valence-corrected chi connectivity index (χ1v) is 7.10. The largest absolute Gasteiger partial charge is 0.345 e. The Morgan fingerprint density at radius 1 is 1.52 bits per heavy atom. The van der Waals surface area contributed by atoms with Crippen molar-refractivity contribution in [3.8, 4) is 11.8 Å². The minimum absolute atomic E-state index is 0.0351. The van der Waals surface area contributed by atoms with Crippen LogP contribution in [0.5, 0.6) is 0 Å². The molecule has 1 heterocycles. The minimum atomic E-state index is -0.582. The predicted molar refractivity (Wildman–Crippen MR) is 80.4 cm³/mol. The van der Waals surface area contributed by atoms with Crippen LogP contribution in [0.4, 0.5) is 4.39 Å². The molecule has 0 unspecified atom stereocenters. The van der Waals surface area contributed by atoms with E-state index in [0.717, 1.165) is 9.88 Å². The molecule has 3 N–H and O–H groups in total. The van der Waals surface area contributed by atoms with Crippen LogP contribution in [0.2, 0.25) is 0 Å². The maximum Gasteiger partial charge on any atom is 0.254 e. The lowest BCUT2D eigenvalue weighted by atomic mass is 10.1. The summed E-state index contributed by atoms with van der Waals surface area (Å²) in [6, 6.07) is 4.16. The summed E-state index contributed by atoms with van der Waals surface area (Å²) < 4.78 is 13.7. The molecular weight excluding hydrogens is 289 g/mol. The summed E-state index contributed by atoms with van der Waals surface area (Å²) in [6.07, 6.45) is 1.73. The smallest absolute Gasteiger partial charge is 0.254 e. The average Bonchev–Trinajstić information content (AvgIpc) is 2.89. The summed E-state index contributed by atoms with van der Waals surface area (Å²) in [6.45, 7) is 2.42. The average molecular weight is 303 g/mol. The fraction of sp³-hybridized carbons (Fsp3) is 0.200. The summed E-state index contributed by atoms with van der Waals surface area (Å²) in [7, 11) is 0. The molecule has 0 aliphatic rings. The number of nitrogens with one attached hydrogen (secondary N) is 1. The van der Waals surface area contributed by atoms with Gasteiger partial charge in [-0.15, -0.1) is 11.3 Å². The van der Waals surface area contributed by atoms with Gasteiger partial charge in [0.25, 0.3) is 5.91 Å². The number of hydrogen-bond acceptors (Lipinski definition) is 4. The van der Waals surface area contributed by atoms with Gasteiger partial charge in [0.05, 0.1) is 18.7 Å². The van der Waals surface area contributed by atoms with Gasteiger partial charge in [0.2, 0.25) is 0 Å². The minimum Gasteiger partial charge on any atom is -0.345 e. The lowest BCUT2D eigenvalue weighted by molar-refractivity contribution is 0.0947. The first kappa shape index (κ1) is 15.2. The van der Waals surface area contributed by atoms with Crippen LogP contribution < -0.4 is 11.1 Å². The van der Waals surface area contributed by atoms with Crippen LogP contribution >= 0.6 is 11.3 Å². The molecule has 1 aromatic heterocycles. The molecule has 1 aromatic carbocycles. The molecule has 108 valence electrons. The number of aryl methyl sites for hydroxylation is 1. The molecule has 0 radical (unpaired) electrons. The molecule has 21 heavy (non-hydrogen) atoms. The Labute approximate surface area is 126 Å². The highest BCUT2D eigenvalue weighted by atomic mass is 32.1. The van der Waals surface area contributed by atoms with E-state index in [9.17, 15) is 9.18 Å². The molecule has 0 spiro atoms. The van der Waals surface area contributed by atoms with E-state index in [0.29, 0.717) is 5.56 Å². The van der Waals surface area contributed by atoms with Crippen molar-refractivity contribution in [2.75, 3.05) is 6.54 Å². The van der Waals surface area contributed by atoms with Crippen molar-refractivity contribution >= 4 is 17.2 Å². The number of rotatable bonds is 3. The van der Waals surface area contributed by atoms with E-state index in [4.69, 9.17) is 5.73 Å². The summed E-state index contributed by atoms with van der Waals surface area (Å²) in [5.74, 6) is 4.37. The first-order chi connectivity index (χ1) is 10.1. The van der Waals surface area contributed by atoms with Crippen LogP contribution in [0.15, 0.2) is 24.4 Å². The number of nitrogens with zero attached hydrogens (tertiary/aromatic N) is 1. The number of carbonyl (C=O) groups excluding carboxylic acids is 1. The number of nitrogens with two attached hydrogens (primary N) is 1. The Morgan fingerprint density at radius 2 is 2.33 bits per heavy atom. The SMILES string of the molecule is Cc1cnc(CNC(=O)c2cc(C#CCN)ccc2F)s1. The molecule has 0 atom stereocenters. The number of halogens is 1. The van der Waals surface area contributed by atoms with E-state index in [2.05, 4.69) is 22.1 Å². The van der Waals surface area contributed by atoms with E-state index in [-0.39, 0.29) is 18.7 Å². The summed E-state index contributed by atoms with van der Waals surface area (Å²) in [5, 5.41) is 3.43. The number of amides is 1. The molecule has 0 aliphatic carbocycles. The first-order valence-electron chi connectivity index (χ1n) is 6.28. The van der Waals surface area contributed by atoms with Gasteiger partial charge >= 0.3 is 0 Å². The fourth-order valence-electron chi connectivity index (χ4n) is 1.66. The molecule has 2 rings (SSSR count). The van der Waals surface area contributed by atoms with Gasteiger partial charge in [0.15, 0.2) is 0 Å². The highest BCUT2D eigenvalue weighted by Gasteiger charge is 2.12. The van der Waals surface area contributed by atoms with Gasteiger partial charge in [-0.2, -0.15) is 0 Å². The van der Waals surface area contributed by atoms with Gasteiger partial charge in [0, 0.05) is 16.6 Å². The Bertz CT molecular complexity index is 715. The Kier molecular flexibility index (Phi) is 5.04. The number of aromatic nitrogens is 1. The number of thiazole rings is 1.